The van der Waals surface area contributed by atoms with Crippen LogP contribution in [0, 0.1) is 0 Å². The van der Waals surface area contributed by atoms with Crippen LogP contribution in [-0.2, 0) is 21.3 Å². The van der Waals surface area contributed by atoms with E-state index in [1.54, 1.807) is 0 Å². The number of benzene rings is 1. The molecule has 0 aliphatic carbocycles. The number of H-pyrrole nitrogens is 1. The minimum atomic E-state index is -3.89. The summed E-state index contributed by atoms with van der Waals surface area (Å²) in [4.78, 5) is 18.0. The highest BCUT2D eigenvalue weighted by molar-refractivity contribution is 7.89. The first-order chi connectivity index (χ1) is 9.94. The van der Waals surface area contributed by atoms with Crippen molar-refractivity contribution in [2.45, 2.75) is 11.4 Å². The number of anilines is 1. The monoisotopic (exact) mass is 310 g/mol. The van der Waals surface area contributed by atoms with Crippen molar-refractivity contribution in [2.24, 2.45) is 0 Å². The molecule has 0 saturated heterocycles. The summed E-state index contributed by atoms with van der Waals surface area (Å²) in [5.74, 6) is -0.774. The van der Waals surface area contributed by atoms with E-state index in [0.717, 1.165) is 0 Å². The van der Waals surface area contributed by atoms with Gasteiger partial charge in [-0.05, 0) is 18.2 Å². The number of rotatable bonds is 5. The van der Waals surface area contributed by atoms with Gasteiger partial charge in [0.1, 0.15) is 0 Å². The van der Waals surface area contributed by atoms with Gasteiger partial charge in [-0.15, -0.1) is 0 Å². The lowest BCUT2D eigenvalue weighted by atomic mass is 10.2. The average molecular weight is 310 g/mol. The van der Waals surface area contributed by atoms with Crippen molar-refractivity contribution in [1.29, 1.82) is 0 Å². The third-order valence-corrected chi connectivity index (χ3v) is 4.17. The smallest absolute Gasteiger partial charge is 0.339 e. The van der Waals surface area contributed by atoms with E-state index < -0.39 is 16.0 Å². The number of nitrogens with two attached hydrogens (primary N) is 1. The van der Waals surface area contributed by atoms with Gasteiger partial charge in [0.25, 0.3) is 0 Å². The standard InChI is InChI=1S/C12H14N4O4S/c1-20-12(17)10-4-8(13)2-3-11(10)21(18,19)16-6-9-5-14-7-15-9/h2-5,7,16H,6,13H2,1H3,(H,14,15). The highest BCUT2D eigenvalue weighted by atomic mass is 32.2. The van der Waals surface area contributed by atoms with Crippen LogP contribution >= 0.6 is 0 Å². The minimum absolute atomic E-state index is 0.0212. The highest BCUT2D eigenvalue weighted by Gasteiger charge is 2.23. The molecule has 9 heteroatoms. The molecule has 0 saturated carbocycles. The maximum Gasteiger partial charge on any atom is 0.339 e. The van der Waals surface area contributed by atoms with Gasteiger partial charge >= 0.3 is 5.97 Å². The lowest BCUT2D eigenvalue weighted by Crippen LogP contribution is -2.25. The molecule has 0 unspecified atom stereocenters. The number of imidazole rings is 1. The van der Waals surface area contributed by atoms with Crippen molar-refractivity contribution >= 4 is 21.7 Å². The zero-order chi connectivity index (χ0) is 15.5. The molecule has 0 bridgehead atoms. The van der Waals surface area contributed by atoms with E-state index in [1.807, 2.05) is 0 Å². The summed E-state index contributed by atoms with van der Waals surface area (Å²) in [6.07, 6.45) is 2.93. The number of nitrogens with one attached hydrogen (secondary N) is 2. The van der Waals surface area contributed by atoms with Crippen molar-refractivity contribution in [2.75, 3.05) is 12.8 Å². The second-order valence-corrected chi connectivity index (χ2v) is 5.88. The molecule has 1 aromatic carbocycles. The Balaban J connectivity index is 2.33. The van der Waals surface area contributed by atoms with E-state index in [4.69, 9.17) is 5.73 Å². The quantitative estimate of drug-likeness (QED) is 0.537. The summed E-state index contributed by atoms with van der Waals surface area (Å²) in [5, 5.41) is 0. The van der Waals surface area contributed by atoms with Gasteiger partial charge in [0, 0.05) is 17.6 Å². The molecule has 1 heterocycles. The van der Waals surface area contributed by atoms with Crippen molar-refractivity contribution in [3.8, 4) is 0 Å². The van der Waals surface area contributed by atoms with E-state index in [0.29, 0.717) is 5.69 Å². The van der Waals surface area contributed by atoms with Gasteiger partial charge in [0.2, 0.25) is 10.0 Å². The molecule has 0 atom stereocenters. The number of sulfonamides is 1. The van der Waals surface area contributed by atoms with Crippen LogP contribution in [0.1, 0.15) is 16.1 Å². The van der Waals surface area contributed by atoms with Crippen LogP contribution in [0.4, 0.5) is 5.69 Å². The van der Waals surface area contributed by atoms with Gasteiger partial charge in [-0.2, -0.15) is 0 Å². The van der Waals surface area contributed by atoms with E-state index in [9.17, 15) is 13.2 Å². The van der Waals surface area contributed by atoms with Crippen molar-refractivity contribution < 1.29 is 17.9 Å². The molecule has 2 rings (SSSR count). The van der Waals surface area contributed by atoms with Gasteiger partial charge in [0.05, 0.1) is 30.4 Å². The molecule has 0 spiro atoms. The first-order valence-corrected chi connectivity index (χ1v) is 7.37. The molecule has 0 aliphatic rings. The summed E-state index contributed by atoms with van der Waals surface area (Å²) in [6.45, 7) is 0.0212. The molecule has 1 aromatic heterocycles. The number of carbonyl (C=O) groups excluding carboxylic acids is 1. The zero-order valence-corrected chi connectivity index (χ0v) is 12.0. The van der Waals surface area contributed by atoms with Gasteiger partial charge in [-0.1, -0.05) is 0 Å². The Morgan fingerprint density at radius 1 is 1.48 bits per heavy atom. The summed E-state index contributed by atoms with van der Waals surface area (Å²) in [7, 11) is -2.73. The minimum Gasteiger partial charge on any atom is -0.465 e. The van der Waals surface area contributed by atoms with Crippen molar-refractivity contribution in [1.82, 2.24) is 14.7 Å². The van der Waals surface area contributed by atoms with E-state index in [1.165, 1.54) is 37.8 Å². The molecule has 8 nitrogen and oxygen atoms in total. The Kier molecular flexibility index (Phi) is 4.24. The van der Waals surface area contributed by atoms with Gasteiger partial charge in [-0.3, -0.25) is 0 Å². The number of carbonyl (C=O) groups is 1. The van der Waals surface area contributed by atoms with Gasteiger partial charge in [0.15, 0.2) is 0 Å². The Morgan fingerprint density at radius 3 is 2.86 bits per heavy atom. The van der Waals surface area contributed by atoms with E-state index in [-0.39, 0.29) is 22.7 Å². The Hall–Kier alpha value is -2.39. The Bertz CT molecular complexity index is 741. The molecular weight excluding hydrogens is 296 g/mol. The molecule has 0 amide bonds. The number of esters is 1. The number of nitrogens with zero attached hydrogens (tertiary/aromatic N) is 1. The van der Waals surface area contributed by atoms with E-state index in [2.05, 4.69) is 19.4 Å². The van der Waals surface area contributed by atoms with Crippen molar-refractivity contribution in [3.63, 3.8) is 0 Å². The fourth-order valence-corrected chi connectivity index (χ4v) is 2.86. The lowest BCUT2D eigenvalue weighted by Gasteiger charge is -2.10. The fraction of sp³-hybridized carbons (Fsp3) is 0.167. The largest absolute Gasteiger partial charge is 0.465 e. The third-order valence-electron chi connectivity index (χ3n) is 2.71. The number of hydrogen-bond acceptors (Lipinski definition) is 6. The Morgan fingerprint density at radius 2 is 2.24 bits per heavy atom. The summed E-state index contributed by atoms with van der Waals surface area (Å²) >= 11 is 0. The maximum atomic E-state index is 12.3. The first-order valence-electron chi connectivity index (χ1n) is 5.89. The Labute approximate surface area is 121 Å². The summed E-state index contributed by atoms with van der Waals surface area (Å²) in [6, 6.07) is 3.92. The van der Waals surface area contributed by atoms with Crippen LogP contribution in [-0.4, -0.2) is 31.5 Å². The second kappa shape index (κ2) is 5.94. The normalized spacial score (nSPS) is 11.3. The topological polar surface area (TPSA) is 127 Å². The maximum absolute atomic E-state index is 12.3. The molecular formula is C12H14N4O4S. The number of aromatic amines is 1. The molecule has 21 heavy (non-hydrogen) atoms. The first kappa shape index (κ1) is 15.0. The molecule has 0 aliphatic heterocycles. The average Bonchev–Trinajstić information content (AvgIpc) is 2.97. The predicted molar refractivity (Wildman–Crippen MR) is 74.8 cm³/mol. The van der Waals surface area contributed by atoms with Crippen molar-refractivity contribution in [3.05, 3.63) is 42.0 Å². The fourth-order valence-electron chi connectivity index (χ4n) is 1.68. The number of aromatic nitrogens is 2. The number of nitrogen functional groups attached to an aromatic ring is 1. The van der Waals surface area contributed by atoms with Crippen LogP contribution < -0.4 is 10.5 Å². The highest BCUT2D eigenvalue weighted by Crippen LogP contribution is 2.20. The van der Waals surface area contributed by atoms with Gasteiger partial charge < -0.3 is 15.5 Å². The summed E-state index contributed by atoms with van der Waals surface area (Å²) in [5.41, 5.74) is 6.32. The zero-order valence-electron chi connectivity index (χ0n) is 11.2. The van der Waals surface area contributed by atoms with Gasteiger partial charge in [-0.25, -0.2) is 22.9 Å². The third kappa shape index (κ3) is 3.38. The molecule has 0 radical (unpaired) electrons. The second-order valence-electron chi connectivity index (χ2n) is 4.15. The SMILES string of the molecule is COC(=O)c1cc(N)ccc1S(=O)(=O)NCc1cnc[nH]1. The predicted octanol–water partition coefficient (Wildman–Crippen LogP) is 0.257. The number of methoxy groups -OCH3 is 1. The van der Waals surface area contributed by atoms with Crippen LogP contribution in [0.15, 0.2) is 35.6 Å². The summed E-state index contributed by atoms with van der Waals surface area (Å²) < 4.78 is 31.5. The lowest BCUT2D eigenvalue weighted by molar-refractivity contribution is 0.0596. The molecule has 4 N–H and O–H groups in total. The molecule has 2 aromatic rings. The van der Waals surface area contributed by atoms with Crippen LogP contribution in [0.2, 0.25) is 0 Å². The number of ether oxygens (including phenoxy) is 1. The molecule has 0 fully saturated rings. The van der Waals surface area contributed by atoms with E-state index >= 15 is 0 Å². The van der Waals surface area contributed by atoms with Crippen LogP contribution in [0.25, 0.3) is 0 Å². The van der Waals surface area contributed by atoms with Crippen LogP contribution in [0.5, 0.6) is 0 Å². The number of hydrogen-bond donors (Lipinski definition) is 3. The van der Waals surface area contributed by atoms with Crippen LogP contribution in [0.3, 0.4) is 0 Å². The molecule has 112 valence electrons.